The summed E-state index contributed by atoms with van der Waals surface area (Å²) in [5.41, 5.74) is 1.29. The molecular formula is C16H26N2O. The van der Waals surface area contributed by atoms with E-state index >= 15 is 0 Å². The lowest BCUT2D eigenvalue weighted by Crippen LogP contribution is -2.51. The maximum atomic E-state index is 5.94. The molecule has 1 heterocycles. The Hall–Kier alpha value is -1.06. The molecule has 1 aliphatic heterocycles. The fourth-order valence-electron chi connectivity index (χ4n) is 2.63. The molecule has 0 bridgehead atoms. The van der Waals surface area contributed by atoms with Crippen molar-refractivity contribution in [2.24, 2.45) is 0 Å². The van der Waals surface area contributed by atoms with Gasteiger partial charge in [0.05, 0.1) is 12.1 Å². The van der Waals surface area contributed by atoms with Gasteiger partial charge in [-0.3, -0.25) is 4.90 Å². The molecule has 2 unspecified atom stereocenters. The van der Waals surface area contributed by atoms with Crippen molar-refractivity contribution in [3.8, 4) is 5.75 Å². The Labute approximate surface area is 116 Å². The highest BCUT2D eigenvalue weighted by Gasteiger charge is 2.33. The third-order valence-corrected chi connectivity index (χ3v) is 4.00. The molecule has 0 aliphatic carbocycles. The summed E-state index contributed by atoms with van der Waals surface area (Å²) >= 11 is 0. The largest absolute Gasteiger partial charge is 0.492 e. The lowest BCUT2D eigenvalue weighted by Gasteiger charge is -2.41. The Bertz CT molecular complexity index is 405. The summed E-state index contributed by atoms with van der Waals surface area (Å²) in [5, 5.41) is 3.69. The summed E-state index contributed by atoms with van der Waals surface area (Å²) in [7, 11) is 2.19. The average Bonchev–Trinajstić information content (AvgIpc) is 2.43. The van der Waals surface area contributed by atoms with Crippen molar-refractivity contribution in [3.05, 3.63) is 29.8 Å². The highest BCUT2D eigenvalue weighted by atomic mass is 16.5. The van der Waals surface area contributed by atoms with E-state index in [0.29, 0.717) is 18.1 Å². The van der Waals surface area contributed by atoms with Crippen molar-refractivity contribution in [1.29, 1.82) is 0 Å². The topological polar surface area (TPSA) is 24.5 Å². The predicted molar refractivity (Wildman–Crippen MR) is 79.7 cm³/mol. The van der Waals surface area contributed by atoms with Gasteiger partial charge in [-0.05, 0) is 39.9 Å². The van der Waals surface area contributed by atoms with Crippen LogP contribution in [0.4, 0.5) is 0 Å². The Morgan fingerprint density at radius 2 is 2.11 bits per heavy atom. The molecule has 0 saturated carbocycles. The standard InChI is InChI=1S/C16H26N2O/c1-5-10-17-16-13-8-6-7-9-15(13)19-11-14(16)18(4)12(2)3/h6-9,12,14,16-17H,5,10-11H2,1-4H3. The number of para-hydroxylation sites is 1. The molecule has 0 amide bonds. The number of likely N-dealkylation sites (N-methyl/N-ethyl adjacent to an activating group) is 1. The smallest absolute Gasteiger partial charge is 0.124 e. The molecule has 0 aromatic heterocycles. The van der Waals surface area contributed by atoms with Crippen LogP contribution in [-0.4, -0.2) is 37.2 Å². The minimum atomic E-state index is 0.359. The molecule has 19 heavy (non-hydrogen) atoms. The summed E-state index contributed by atoms with van der Waals surface area (Å²) in [6.45, 7) is 8.47. The van der Waals surface area contributed by atoms with Crippen molar-refractivity contribution < 1.29 is 4.74 Å². The second-order valence-corrected chi connectivity index (χ2v) is 5.61. The van der Waals surface area contributed by atoms with Gasteiger partial charge in [0.2, 0.25) is 0 Å². The molecule has 0 saturated heterocycles. The number of hydrogen-bond acceptors (Lipinski definition) is 3. The summed E-state index contributed by atoms with van der Waals surface area (Å²) in [5.74, 6) is 1.03. The fourth-order valence-corrected chi connectivity index (χ4v) is 2.63. The van der Waals surface area contributed by atoms with Gasteiger partial charge in [0.1, 0.15) is 12.4 Å². The van der Waals surface area contributed by atoms with Crippen LogP contribution < -0.4 is 10.1 Å². The molecule has 2 rings (SSSR count). The third kappa shape index (κ3) is 3.10. The summed E-state index contributed by atoms with van der Waals surface area (Å²) in [6.07, 6.45) is 1.15. The maximum absolute atomic E-state index is 5.94. The summed E-state index contributed by atoms with van der Waals surface area (Å²) in [4.78, 5) is 2.41. The van der Waals surface area contributed by atoms with Crippen LogP contribution >= 0.6 is 0 Å². The monoisotopic (exact) mass is 262 g/mol. The zero-order valence-corrected chi connectivity index (χ0v) is 12.5. The number of benzene rings is 1. The second kappa shape index (κ2) is 6.40. The number of hydrogen-bond donors (Lipinski definition) is 1. The van der Waals surface area contributed by atoms with Gasteiger partial charge < -0.3 is 10.1 Å². The van der Waals surface area contributed by atoms with Gasteiger partial charge in [-0.25, -0.2) is 0 Å². The van der Waals surface area contributed by atoms with Gasteiger partial charge in [-0.15, -0.1) is 0 Å². The van der Waals surface area contributed by atoms with Crippen LogP contribution in [0.3, 0.4) is 0 Å². The van der Waals surface area contributed by atoms with Gasteiger partial charge in [0, 0.05) is 11.6 Å². The van der Waals surface area contributed by atoms with E-state index in [1.165, 1.54) is 5.56 Å². The van der Waals surface area contributed by atoms with Crippen LogP contribution in [0.1, 0.15) is 38.8 Å². The Kier molecular flexibility index (Phi) is 4.83. The number of rotatable bonds is 5. The first-order valence-electron chi connectivity index (χ1n) is 7.32. The number of fused-ring (bicyclic) bond motifs is 1. The van der Waals surface area contributed by atoms with Crippen molar-refractivity contribution >= 4 is 0 Å². The van der Waals surface area contributed by atoms with Crippen LogP contribution in [-0.2, 0) is 0 Å². The molecule has 2 atom stereocenters. The molecule has 1 aromatic rings. The van der Waals surface area contributed by atoms with Crippen LogP contribution in [0.5, 0.6) is 5.75 Å². The summed E-state index contributed by atoms with van der Waals surface area (Å²) in [6, 6.07) is 9.66. The predicted octanol–water partition coefficient (Wildman–Crippen LogP) is 2.83. The first kappa shape index (κ1) is 14.4. The van der Waals surface area contributed by atoms with E-state index in [0.717, 1.165) is 25.3 Å². The highest BCUT2D eigenvalue weighted by Crippen LogP contribution is 2.34. The molecule has 1 aliphatic rings. The zero-order chi connectivity index (χ0) is 13.8. The van der Waals surface area contributed by atoms with E-state index in [4.69, 9.17) is 4.74 Å². The first-order chi connectivity index (χ1) is 9.15. The molecule has 106 valence electrons. The number of nitrogens with zero attached hydrogens (tertiary/aromatic N) is 1. The van der Waals surface area contributed by atoms with E-state index in [2.05, 4.69) is 56.2 Å². The number of ether oxygens (including phenoxy) is 1. The van der Waals surface area contributed by atoms with E-state index < -0.39 is 0 Å². The van der Waals surface area contributed by atoms with E-state index in [1.54, 1.807) is 0 Å². The molecule has 0 spiro atoms. The van der Waals surface area contributed by atoms with Gasteiger partial charge in [-0.2, -0.15) is 0 Å². The van der Waals surface area contributed by atoms with Crippen LogP contribution in [0.15, 0.2) is 24.3 Å². The molecule has 3 nitrogen and oxygen atoms in total. The highest BCUT2D eigenvalue weighted by molar-refractivity contribution is 5.38. The van der Waals surface area contributed by atoms with Crippen LogP contribution in [0, 0.1) is 0 Å². The average molecular weight is 262 g/mol. The minimum Gasteiger partial charge on any atom is -0.492 e. The molecule has 3 heteroatoms. The molecular weight excluding hydrogens is 236 g/mol. The molecule has 1 aromatic carbocycles. The molecule has 1 N–H and O–H groups in total. The quantitative estimate of drug-likeness (QED) is 0.883. The van der Waals surface area contributed by atoms with Crippen molar-refractivity contribution in [2.75, 3.05) is 20.2 Å². The Balaban J connectivity index is 2.25. The zero-order valence-electron chi connectivity index (χ0n) is 12.5. The lowest BCUT2D eigenvalue weighted by molar-refractivity contribution is 0.0846. The van der Waals surface area contributed by atoms with Crippen LogP contribution in [0.2, 0.25) is 0 Å². The van der Waals surface area contributed by atoms with E-state index in [9.17, 15) is 0 Å². The molecule has 0 fully saturated rings. The fraction of sp³-hybridized carbons (Fsp3) is 0.625. The lowest BCUT2D eigenvalue weighted by atomic mass is 9.94. The number of nitrogens with one attached hydrogen (secondary N) is 1. The second-order valence-electron chi connectivity index (χ2n) is 5.61. The Morgan fingerprint density at radius 3 is 2.79 bits per heavy atom. The van der Waals surface area contributed by atoms with Gasteiger partial charge in [0.15, 0.2) is 0 Å². The summed E-state index contributed by atoms with van der Waals surface area (Å²) < 4.78 is 5.94. The van der Waals surface area contributed by atoms with E-state index in [-0.39, 0.29) is 0 Å². The van der Waals surface area contributed by atoms with Crippen LogP contribution in [0.25, 0.3) is 0 Å². The van der Waals surface area contributed by atoms with Crippen molar-refractivity contribution in [3.63, 3.8) is 0 Å². The van der Waals surface area contributed by atoms with Gasteiger partial charge in [0.25, 0.3) is 0 Å². The Morgan fingerprint density at radius 1 is 1.37 bits per heavy atom. The van der Waals surface area contributed by atoms with Gasteiger partial charge >= 0.3 is 0 Å². The minimum absolute atomic E-state index is 0.359. The maximum Gasteiger partial charge on any atom is 0.124 e. The SMILES string of the molecule is CCCNC1c2ccccc2OCC1N(C)C(C)C. The normalized spacial score (nSPS) is 22.4. The van der Waals surface area contributed by atoms with E-state index in [1.807, 2.05) is 6.07 Å². The molecule has 0 radical (unpaired) electrons. The van der Waals surface area contributed by atoms with Gasteiger partial charge in [-0.1, -0.05) is 25.1 Å². The van der Waals surface area contributed by atoms with Crippen molar-refractivity contribution in [1.82, 2.24) is 10.2 Å². The van der Waals surface area contributed by atoms with Crippen molar-refractivity contribution in [2.45, 2.75) is 45.3 Å². The third-order valence-electron chi connectivity index (χ3n) is 4.00. The first-order valence-corrected chi connectivity index (χ1v) is 7.32.